The Morgan fingerprint density at radius 3 is 2.38 bits per heavy atom. The predicted molar refractivity (Wildman–Crippen MR) is 58.8 cm³/mol. The van der Waals surface area contributed by atoms with Gasteiger partial charge < -0.3 is 10.7 Å². The van der Waals surface area contributed by atoms with Crippen LogP contribution in [0.1, 0.15) is 10.4 Å². The van der Waals surface area contributed by atoms with Gasteiger partial charge in [-0.05, 0) is 17.7 Å². The van der Waals surface area contributed by atoms with Crippen LogP contribution in [0.4, 0.5) is 0 Å². The van der Waals surface area contributed by atoms with Gasteiger partial charge in [0.15, 0.2) is 0 Å². The van der Waals surface area contributed by atoms with Crippen molar-refractivity contribution in [3.05, 3.63) is 52.7 Å². The van der Waals surface area contributed by atoms with E-state index in [0.29, 0.717) is 5.56 Å². The molecule has 0 fully saturated rings. The lowest BCUT2D eigenvalue weighted by atomic mass is 10.1. The molecule has 80 valence electrons. The van der Waals surface area contributed by atoms with Crippen LogP contribution in [0.15, 0.2) is 41.5 Å². The van der Waals surface area contributed by atoms with Crippen molar-refractivity contribution in [3.63, 3.8) is 0 Å². The average molecular weight is 215 g/mol. The highest BCUT2D eigenvalue weighted by Crippen LogP contribution is 2.16. The van der Waals surface area contributed by atoms with Crippen LogP contribution < -0.4 is 11.4 Å². The van der Waals surface area contributed by atoms with Crippen LogP contribution in [-0.4, -0.2) is 15.9 Å². The van der Waals surface area contributed by atoms with E-state index in [9.17, 15) is 9.59 Å². The highest BCUT2D eigenvalue weighted by molar-refractivity contribution is 5.93. The fourth-order valence-corrected chi connectivity index (χ4v) is 1.33. The number of aromatic nitrogens is 2. The van der Waals surface area contributed by atoms with E-state index in [1.807, 2.05) is 0 Å². The number of rotatable bonds is 2. The number of H-pyrrole nitrogens is 1. The molecule has 0 bridgehead atoms. The summed E-state index contributed by atoms with van der Waals surface area (Å²) in [6.45, 7) is 0. The molecule has 5 nitrogen and oxygen atoms in total. The first-order chi connectivity index (χ1) is 7.66. The highest BCUT2D eigenvalue weighted by atomic mass is 16.1. The van der Waals surface area contributed by atoms with Crippen molar-refractivity contribution in [1.29, 1.82) is 0 Å². The minimum absolute atomic E-state index is 0.391. The highest BCUT2D eigenvalue weighted by Gasteiger charge is 2.01. The number of hydrogen-bond acceptors (Lipinski definition) is 3. The van der Waals surface area contributed by atoms with Crippen molar-refractivity contribution in [3.8, 4) is 11.1 Å². The van der Waals surface area contributed by atoms with Gasteiger partial charge in [-0.15, -0.1) is 0 Å². The number of hydrogen-bond donors (Lipinski definition) is 2. The van der Waals surface area contributed by atoms with Crippen LogP contribution >= 0.6 is 0 Å². The third-order valence-electron chi connectivity index (χ3n) is 2.17. The van der Waals surface area contributed by atoms with Gasteiger partial charge in [-0.25, -0.2) is 9.78 Å². The Hall–Kier alpha value is -2.43. The Kier molecular flexibility index (Phi) is 2.51. The molecule has 0 aliphatic rings. The molecule has 1 aromatic heterocycles. The molecule has 1 amide bonds. The summed E-state index contributed by atoms with van der Waals surface area (Å²) in [7, 11) is 0. The first kappa shape index (κ1) is 10.1. The van der Waals surface area contributed by atoms with Crippen LogP contribution in [0.5, 0.6) is 0 Å². The van der Waals surface area contributed by atoms with Gasteiger partial charge >= 0.3 is 5.69 Å². The Balaban J connectivity index is 2.38. The minimum atomic E-state index is -0.467. The van der Waals surface area contributed by atoms with Crippen LogP contribution in [-0.2, 0) is 0 Å². The Labute approximate surface area is 91.0 Å². The van der Waals surface area contributed by atoms with E-state index >= 15 is 0 Å². The number of carbonyl (C=O) groups excluding carboxylic acids is 1. The molecule has 0 radical (unpaired) electrons. The quantitative estimate of drug-likeness (QED) is 0.766. The number of amides is 1. The maximum Gasteiger partial charge on any atom is 0.344 e. The summed E-state index contributed by atoms with van der Waals surface area (Å²) in [6, 6.07) is 6.75. The van der Waals surface area contributed by atoms with Gasteiger partial charge in [0.2, 0.25) is 5.91 Å². The topological polar surface area (TPSA) is 88.8 Å². The van der Waals surface area contributed by atoms with E-state index in [-0.39, 0.29) is 0 Å². The first-order valence-electron chi connectivity index (χ1n) is 4.62. The molecule has 1 heterocycles. The van der Waals surface area contributed by atoms with Gasteiger partial charge in [0.1, 0.15) is 0 Å². The maximum absolute atomic E-state index is 10.9. The van der Waals surface area contributed by atoms with Crippen LogP contribution in [0.25, 0.3) is 11.1 Å². The Morgan fingerprint density at radius 2 is 1.88 bits per heavy atom. The van der Waals surface area contributed by atoms with Crippen molar-refractivity contribution in [2.24, 2.45) is 5.73 Å². The summed E-state index contributed by atoms with van der Waals surface area (Å²) >= 11 is 0. The molecule has 0 unspecified atom stereocenters. The van der Waals surface area contributed by atoms with Crippen LogP contribution in [0.2, 0.25) is 0 Å². The number of primary amides is 1. The third-order valence-corrected chi connectivity index (χ3v) is 2.17. The number of nitrogens with zero attached hydrogens (tertiary/aromatic N) is 1. The molecular formula is C11H9N3O2. The number of nitrogens with two attached hydrogens (primary N) is 1. The third kappa shape index (κ3) is 1.98. The molecule has 2 rings (SSSR count). The van der Waals surface area contributed by atoms with Crippen molar-refractivity contribution in [2.75, 3.05) is 0 Å². The maximum atomic E-state index is 10.9. The molecule has 16 heavy (non-hydrogen) atoms. The zero-order chi connectivity index (χ0) is 11.5. The Morgan fingerprint density at radius 1 is 1.19 bits per heavy atom. The second kappa shape index (κ2) is 3.98. The molecule has 3 N–H and O–H groups in total. The molecule has 0 aliphatic carbocycles. The van der Waals surface area contributed by atoms with Gasteiger partial charge in [-0.2, -0.15) is 0 Å². The van der Waals surface area contributed by atoms with Gasteiger partial charge in [-0.1, -0.05) is 12.1 Å². The van der Waals surface area contributed by atoms with Crippen LogP contribution in [0, 0.1) is 0 Å². The minimum Gasteiger partial charge on any atom is -0.366 e. The van der Waals surface area contributed by atoms with Crippen molar-refractivity contribution in [1.82, 2.24) is 9.97 Å². The Bertz CT molecular complexity index is 552. The molecule has 0 aliphatic heterocycles. The van der Waals surface area contributed by atoms with Gasteiger partial charge in [0, 0.05) is 23.5 Å². The summed E-state index contributed by atoms with van der Waals surface area (Å²) in [5.41, 5.74) is 6.81. The lowest BCUT2D eigenvalue weighted by Crippen LogP contribution is -2.10. The lowest BCUT2D eigenvalue weighted by molar-refractivity contribution is 0.100. The molecule has 0 saturated heterocycles. The SMILES string of the molecule is NC(=O)c1ccc(-c2cnc(=O)[nH]c2)cc1. The number of carbonyl (C=O) groups is 1. The van der Waals surface area contributed by atoms with Gasteiger partial charge in [-0.3, -0.25) is 4.79 Å². The van der Waals surface area contributed by atoms with Crippen LogP contribution in [0.3, 0.4) is 0 Å². The van der Waals surface area contributed by atoms with E-state index in [2.05, 4.69) is 9.97 Å². The monoisotopic (exact) mass is 215 g/mol. The zero-order valence-electron chi connectivity index (χ0n) is 8.31. The van der Waals surface area contributed by atoms with Gasteiger partial charge in [0.25, 0.3) is 0 Å². The molecule has 0 saturated carbocycles. The average Bonchev–Trinajstić information content (AvgIpc) is 2.30. The summed E-state index contributed by atoms with van der Waals surface area (Å²) < 4.78 is 0. The normalized spacial score (nSPS) is 10.0. The first-order valence-corrected chi connectivity index (χ1v) is 4.62. The summed E-state index contributed by atoms with van der Waals surface area (Å²) in [6.07, 6.45) is 3.03. The lowest BCUT2D eigenvalue weighted by Gasteiger charge is -2.00. The smallest absolute Gasteiger partial charge is 0.344 e. The standard InChI is InChI=1S/C11H9N3O2/c12-10(15)8-3-1-7(2-4-8)9-5-13-11(16)14-6-9/h1-6H,(H2,12,15)(H,13,14,16). The number of aromatic amines is 1. The second-order valence-corrected chi connectivity index (χ2v) is 3.25. The number of benzene rings is 1. The van der Waals surface area contributed by atoms with E-state index < -0.39 is 11.6 Å². The van der Waals surface area contributed by atoms with Crippen molar-refractivity contribution < 1.29 is 4.79 Å². The van der Waals surface area contributed by atoms with Crippen molar-refractivity contribution in [2.45, 2.75) is 0 Å². The van der Waals surface area contributed by atoms with Crippen molar-refractivity contribution >= 4 is 5.91 Å². The predicted octanol–water partition coefficient (Wildman–Crippen LogP) is 0.536. The summed E-state index contributed by atoms with van der Waals surface area (Å²) in [4.78, 5) is 27.7. The number of nitrogens with one attached hydrogen (secondary N) is 1. The summed E-state index contributed by atoms with van der Waals surface area (Å²) in [5.74, 6) is -0.467. The molecule has 1 aromatic carbocycles. The molecule has 2 aromatic rings. The van der Waals surface area contributed by atoms with E-state index in [4.69, 9.17) is 5.73 Å². The van der Waals surface area contributed by atoms with Gasteiger partial charge in [0.05, 0.1) is 0 Å². The molecule has 0 spiro atoms. The zero-order valence-corrected chi connectivity index (χ0v) is 8.31. The van der Waals surface area contributed by atoms with E-state index in [0.717, 1.165) is 11.1 Å². The van der Waals surface area contributed by atoms with E-state index in [1.165, 1.54) is 6.20 Å². The fraction of sp³-hybridized carbons (Fsp3) is 0. The second-order valence-electron chi connectivity index (χ2n) is 3.25. The molecule has 5 heteroatoms. The summed E-state index contributed by atoms with van der Waals surface area (Å²) in [5, 5.41) is 0. The largest absolute Gasteiger partial charge is 0.366 e. The molecular weight excluding hydrogens is 206 g/mol. The van der Waals surface area contributed by atoms with E-state index in [1.54, 1.807) is 30.5 Å². The molecule has 0 atom stereocenters. The fourth-order valence-electron chi connectivity index (χ4n) is 1.33.